The van der Waals surface area contributed by atoms with Crippen molar-refractivity contribution in [3.63, 3.8) is 0 Å². The van der Waals surface area contributed by atoms with E-state index in [0.29, 0.717) is 5.88 Å². The fourth-order valence-corrected chi connectivity index (χ4v) is 0.398. The highest BCUT2D eigenvalue weighted by molar-refractivity contribution is 6.17. The first-order chi connectivity index (χ1) is 3.41. The molecule has 0 fully saturated rings. The van der Waals surface area contributed by atoms with Gasteiger partial charge in [0.1, 0.15) is 0 Å². The average molecular weight is 117 g/mol. The lowest BCUT2D eigenvalue weighted by molar-refractivity contribution is 0.933. The third-order valence-corrected chi connectivity index (χ3v) is 0.841. The summed E-state index contributed by atoms with van der Waals surface area (Å²) in [6.07, 6.45) is 3.29. The molecule has 1 nitrogen and oxygen atoms in total. The zero-order valence-corrected chi connectivity index (χ0v) is 4.78. The van der Waals surface area contributed by atoms with E-state index in [1.807, 2.05) is 6.07 Å². The van der Waals surface area contributed by atoms with Gasteiger partial charge in [-0.15, -0.1) is 11.6 Å². The van der Waals surface area contributed by atoms with Crippen molar-refractivity contribution in [3.8, 4) is 6.07 Å². The largest absolute Gasteiger partial charge is 0.198 e. The molecule has 0 amide bonds. The predicted octanol–water partition coefficient (Wildman–Crippen LogP) is 1.73. The Bertz CT molecular complexity index is 65.0. The Balaban J connectivity index is 2.60. The van der Waals surface area contributed by atoms with Gasteiger partial charge in [-0.1, -0.05) is 0 Å². The van der Waals surface area contributed by atoms with Crippen LogP contribution in [0.15, 0.2) is 0 Å². The van der Waals surface area contributed by atoms with Crippen LogP contribution in [0.25, 0.3) is 0 Å². The van der Waals surface area contributed by atoms with E-state index in [9.17, 15) is 0 Å². The van der Waals surface area contributed by atoms with Crippen LogP contribution in [0.2, 0.25) is 0 Å². The molecule has 0 aromatic rings. The fourth-order valence-electron chi connectivity index (χ4n) is 0.244. The van der Waals surface area contributed by atoms with Gasteiger partial charge in [0, 0.05) is 5.88 Å². The van der Waals surface area contributed by atoms with E-state index in [-0.39, 0.29) is 0 Å². The Hall–Kier alpha value is -0.220. The maximum absolute atomic E-state index is 7.94. The van der Waals surface area contributed by atoms with Gasteiger partial charge in [0.2, 0.25) is 0 Å². The molecule has 2 heteroatoms. The number of hydrogen-bond acceptors (Lipinski definition) is 1. The molecule has 0 heterocycles. The minimum Gasteiger partial charge on any atom is -0.198 e. The Morgan fingerprint density at radius 1 is 1.71 bits per heavy atom. The number of alkyl halides is 1. The summed E-state index contributed by atoms with van der Waals surface area (Å²) >= 11 is 5.31. The number of halogens is 1. The van der Waals surface area contributed by atoms with Gasteiger partial charge in [0.25, 0.3) is 0 Å². The van der Waals surface area contributed by atoms with Crippen molar-refractivity contribution in [3.05, 3.63) is 6.42 Å². The van der Waals surface area contributed by atoms with Crippen LogP contribution in [0.5, 0.6) is 0 Å². The number of hydrogen-bond donors (Lipinski definition) is 0. The first-order valence-electron chi connectivity index (χ1n) is 2.19. The second-order valence-corrected chi connectivity index (χ2v) is 1.54. The van der Waals surface area contributed by atoms with E-state index in [0.717, 1.165) is 12.8 Å². The molecule has 0 aliphatic carbocycles. The van der Waals surface area contributed by atoms with Gasteiger partial charge >= 0.3 is 0 Å². The normalized spacial score (nSPS) is 8.00. The lowest BCUT2D eigenvalue weighted by Crippen LogP contribution is -1.73. The molecule has 0 unspecified atom stereocenters. The van der Waals surface area contributed by atoms with Gasteiger partial charge in [0.05, 0.1) is 12.5 Å². The van der Waals surface area contributed by atoms with Gasteiger partial charge in [-0.2, -0.15) is 5.26 Å². The van der Waals surface area contributed by atoms with Crippen LogP contribution >= 0.6 is 11.6 Å². The lowest BCUT2D eigenvalue weighted by Gasteiger charge is -1.82. The van der Waals surface area contributed by atoms with Crippen LogP contribution in [0.1, 0.15) is 12.8 Å². The van der Waals surface area contributed by atoms with Crippen molar-refractivity contribution in [2.24, 2.45) is 0 Å². The molecular formula is C5H7ClN. The van der Waals surface area contributed by atoms with Crippen molar-refractivity contribution in [2.45, 2.75) is 12.8 Å². The third kappa shape index (κ3) is 5.78. The average Bonchev–Trinajstić information content (AvgIpc) is 1.69. The summed E-state index contributed by atoms with van der Waals surface area (Å²) in [4.78, 5) is 0. The maximum Gasteiger partial charge on any atom is 0.0669 e. The predicted molar refractivity (Wildman–Crippen MR) is 29.9 cm³/mol. The molecule has 0 rings (SSSR count). The summed E-state index contributed by atoms with van der Waals surface area (Å²) in [5.74, 6) is 0.651. The molecule has 39 valence electrons. The van der Waals surface area contributed by atoms with E-state index in [2.05, 4.69) is 0 Å². The molecule has 0 aromatic heterocycles. The first-order valence-corrected chi connectivity index (χ1v) is 2.72. The van der Waals surface area contributed by atoms with E-state index in [4.69, 9.17) is 16.9 Å². The van der Waals surface area contributed by atoms with Crippen LogP contribution in [0.4, 0.5) is 0 Å². The number of nitriles is 1. The third-order valence-electron chi connectivity index (χ3n) is 0.573. The van der Waals surface area contributed by atoms with Crippen molar-refractivity contribution in [1.29, 1.82) is 5.26 Å². The molecule has 0 saturated carbocycles. The number of unbranched alkanes of at least 4 members (excludes halogenated alkanes) is 2. The smallest absolute Gasteiger partial charge is 0.0669 e. The van der Waals surface area contributed by atoms with Gasteiger partial charge in [-0.25, -0.2) is 0 Å². The molecule has 0 spiro atoms. The summed E-state index contributed by atoms with van der Waals surface area (Å²) in [6, 6.07) is 1.92. The molecule has 0 aliphatic heterocycles. The monoisotopic (exact) mass is 116 g/mol. The fraction of sp³-hybridized carbons (Fsp3) is 0.600. The van der Waals surface area contributed by atoms with E-state index in [1.54, 1.807) is 6.42 Å². The Morgan fingerprint density at radius 3 is 2.86 bits per heavy atom. The lowest BCUT2D eigenvalue weighted by atomic mass is 10.3. The van der Waals surface area contributed by atoms with Gasteiger partial charge in [-0.3, -0.25) is 0 Å². The van der Waals surface area contributed by atoms with Crippen molar-refractivity contribution < 1.29 is 0 Å². The highest BCUT2D eigenvalue weighted by Crippen LogP contribution is 1.92. The first kappa shape index (κ1) is 6.78. The maximum atomic E-state index is 7.94. The molecule has 0 saturated heterocycles. The highest BCUT2D eigenvalue weighted by Gasteiger charge is 1.81. The van der Waals surface area contributed by atoms with Gasteiger partial charge < -0.3 is 0 Å². The Kier molecular flexibility index (Phi) is 5.60. The molecule has 1 radical (unpaired) electrons. The Labute approximate surface area is 48.9 Å². The van der Waals surface area contributed by atoms with Crippen LogP contribution in [-0.2, 0) is 0 Å². The summed E-state index contributed by atoms with van der Waals surface area (Å²) in [6.45, 7) is 0. The SMILES string of the molecule is N#C[CH]CCCCl. The minimum absolute atomic E-state index is 0.651. The zero-order chi connectivity index (χ0) is 5.54. The van der Waals surface area contributed by atoms with Gasteiger partial charge in [0.15, 0.2) is 0 Å². The molecule has 0 N–H and O–H groups in total. The highest BCUT2D eigenvalue weighted by atomic mass is 35.5. The molecule has 0 atom stereocenters. The standard InChI is InChI=1S/C5H7ClN/c6-4-2-1-3-5-7/h3H,1-2,4H2. The van der Waals surface area contributed by atoms with Gasteiger partial charge in [-0.05, 0) is 12.8 Å². The van der Waals surface area contributed by atoms with Crippen molar-refractivity contribution in [2.75, 3.05) is 5.88 Å². The molecule has 0 aromatic carbocycles. The van der Waals surface area contributed by atoms with E-state index < -0.39 is 0 Å². The topological polar surface area (TPSA) is 23.8 Å². The van der Waals surface area contributed by atoms with Crippen molar-refractivity contribution >= 4 is 11.6 Å². The molecule has 7 heavy (non-hydrogen) atoms. The van der Waals surface area contributed by atoms with Crippen LogP contribution < -0.4 is 0 Å². The zero-order valence-electron chi connectivity index (χ0n) is 4.02. The van der Waals surface area contributed by atoms with Crippen LogP contribution in [0, 0.1) is 17.8 Å². The molecular weight excluding hydrogens is 110 g/mol. The van der Waals surface area contributed by atoms with E-state index >= 15 is 0 Å². The molecule has 0 aliphatic rings. The summed E-state index contributed by atoms with van der Waals surface area (Å²) in [5, 5.41) is 7.94. The van der Waals surface area contributed by atoms with Crippen molar-refractivity contribution in [1.82, 2.24) is 0 Å². The van der Waals surface area contributed by atoms with Crippen LogP contribution in [-0.4, -0.2) is 5.88 Å². The quantitative estimate of drug-likeness (QED) is 0.407. The Morgan fingerprint density at radius 2 is 2.43 bits per heavy atom. The molecule has 0 bridgehead atoms. The number of rotatable bonds is 3. The number of nitrogens with zero attached hydrogens (tertiary/aromatic N) is 1. The van der Waals surface area contributed by atoms with Crippen LogP contribution in [0.3, 0.4) is 0 Å². The summed E-state index contributed by atoms with van der Waals surface area (Å²) < 4.78 is 0. The minimum atomic E-state index is 0.651. The summed E-state index contributed by atoms with van der Waals surface area (Å²) in [7, 11) is 0. The second kappa shape index (κ2) is 5.78. The second-order valence-electron chi connectivity index (χ2n) is 1.16. The van der Waals surface area contributed by atoms with E-state index in [1.165, 1.54) is 0 Å². The summed E-state index contributed by atoms with van der Waals surface area (Å²) in [5.41, 5.74) is 0.